The second-order valence-electron chi connectivity index (χ2n) is 13.2. The molecule has 0 bridgehead atoms. The monoisotopic (exact) mass is 468 g/mol. The van der Waals surface area contributed by atoms with E-state index in [0.29, 0.717) is 41.8 Å². The molecule has 0 aromatic rings. The van der Waals surface area contributed by atoms with E-state index in [1.807, 2.05) is 6.08 Å². The van der Waals surface area contributed by atoms with E-state index >= 15 is 0 Å². The molecule has 0 radical (unpaired) electrons. The van der Waals surface area contributed by atoms with Gasteiger partial charge in [-0.2, -0.15) is 0 Å². The molecule has 0 saturated heterocycles. The Kier molecular flexibility index (Phi) is 6.10. The molecule has 0 aromatic carbocycles. The minimum absolute atomic E-state index is 0.0478. The van der Waals surface area contributed by atoms with Crippen molar-refractivity contribution in [2.75, 3.05) is 0 Å². The third-order valence-corrected chi connectivity index (χ3v) is 11.5. The first-order chi connectivity index (χ1) is 15.7. The minimum Gasteiger partial charge on any atom is -0.478 e. The van der Waals surface area contributed by atoms with Gasteiger partial charge in [0.05, 0.1) is 0 Å². The summed E-state index contributed by atoms with van der Waals surface area (Å²) < 4.78 is 0. The second kappa shape index (κ2) is 8.17. The summed E-state index contributed by atoms with van der Waals surface area (Å²) in [5.74, 6) is 0.923. The summed E-state index contributed by atoms with van der Waals surface area (Å²) in [6, 6.07) is 0. The zero-order valence-corrected chi connectivity index (χ0v) is 22.3. The number of rotatable bonds is 5. The van der Waals surface area contributed by atoms with Crippen LogP contribution in [0.15, 0.2) is 22.8 Å². The topological polar surface area (TPSA) is 71.4 Å². The van der Waals surface area contributed by atoms with E-state index in [2.05, 4.69) is 41.5 Å². The summed E-state index contributed by atoms with van der Waals surface area (Å²) in [5.41, 5.74) is 2.44. The highest BCUT2D eigenvalue weighted by atomic mass is 16.4. The van der Waals surface area contributed by atoms with Gasteiger partial charge in [0.25, 0.3) is 0 Å². The van der Waals surface area contributed by atoms with Gasteiger partial charge >= 0.3 is 5.97 Å². The second-order valence-corrected chi connectivity index (χ2v) is 13.2. The molecular formula is C30H44O4. The van der Waals surface area contributed by atoms with Crippen LogP contribution in [-0.2, 0) is 14.4 Å². The van der Waals surface area contributed by atoms with Crippen molar-refractivity contribution >= 4 is 17.5 Å². The molecule has 0 aliphatic heterocycles. The standard InChI is InChI=1S/C30H44O4/c1-18(9-8-10-19(2)26(33)34)20-11-16-30(7)25-21(12-15-29(20,30)6)28(5)14-13-24(32)27(3,4)23(28)17-22(25)31/h10,18,20,23H,8-9,11-17H2,1-7H3,(H,33,34)/b19-10-. The number of hydrogen-bond donors (Lipinski definition) is 1. The number of allylic oxidation sites excluding steroid dienone is 3. The highest BCUT2D eigenvalue weighted by Gasteiger charge is 2.65. The van der Waals surface area contributed by atoms with Crippen molar-refractivity contribution < 1.29 is 19.5 Å². The Balaban J connectivity index is 1.66. The maximum Gasteiger partial charge on any atom is 0.330 e. The van der Waals surface area contributed by atoms with Crippen LogP contribution in [0.3, 0.4) is 0 Å². The first-order valence-corrected chi connectivity index (χ1v) is 13.4. The summed E-state index contributed by atoms with van der Waals surface area (Å²) >= 11 is 0. The number of Topliss-reactive ketones (excluding diaryl/α,β-unsaturated/α-hetero) is 2. The van der Waals surface area contributed by atoms with Crippen LogP contribution >= 0.6 is 0 Å². The van der Waals surface area contributed by atoms with Gasteiger partial charge in [-0.15, -0.1) is 0 Å². The molecule has 6 atom stereocenters. The zero-order valence-electron chi connectivity index (χ0n) is 22.3. The minimum atomic E-state index is -0.838. The molecule has 0 heterocycles. The number of carbonyl (C=O) groups is 3. The Morgan fingerprint density at radius 2 is 1.76 bits per heavy atom. The number of carbonyl (C=O) groups excluding carboxylic acids is 2. The number of carboxylic acids is 1. The lowest BCUT2D eigenvalue weighted by molar-refractivity contribution is -0.142. The van der Waals surface area contributed by atoms with E-state index in [1.165, 1.54) is 5.57 Å². The Labute approximate surface area is 205 Å². The van der Waals surface area contributed by atoms with Gasteiger partial charge in [-0.3, -0.25) is 9.59 Å². The fourth-order valence-electron chi connectivity index (χ4n) is 8.97. The molecule has 1 N–H and O–H groups in total. The van der Waals surface area contributed by atoms with Crippen LogP contribution in [0.4, 0.5) is 0 Å². The van der Waals surface area contributed by atoms with Crippen LogP contribution in [0.25, 0.3) is 0 Å². The smallest absolute Gasteiger partial charge is 0.330 e. The summed E-state index contributed by atoms with van der Waals surface area (Å²) in [5, 5.41) is 9.15. The Morgan fingerprint density at radius 3 is 2.41 bits per heavy atom. The molecule has 4 nitrogen and oxygen atoms in total. The van der Waals surface area contributed by atoms with E-state index in [0.717, 1.165) is 50.5 Å². The number of fused-ring (bicyclic) bond motifs is 4. The van der Waals surface area contributed by atoms with Crippen molar-refractivity contribution in [3.63, 3.8) is 0 Å². The Hall–Kier alpha value is -1.71. The molecule has 6 unspecified atom stereocenters. The number of carboxylic acid groups (broad SMARTS) is 1. The summed E-state index contributed by atoms with van der Waals surface area (Å²) in [6.45, 7) is 15.3. The predicted molar refractivity (Wildman–Crippen MR) is 134 cm³/mol. The molecule has 2 fully saturated rings. The van der Waals surface area contributed by atoms with Gasteiger partial charge in [0.1, 0.15) is 5.78 Å². The molecular weight excluding hydrogens is 424 g/mol. The van der Waals surface area contributed by atoms with E-state index < -0.39 is 11.4 Å². The van der Waals surface area contributed by atoms with Crippen LogP contribution in [-0.4, -0.2) is 22.6 Å². The van der Waals surface area contributed by atoms with E-state index in [1.54, 1.807) is 6.92 Å². The van der Waals surface area contributed by atoms with Crippen LogP contribution in [0, 0.1) is 39.4 Å². The normalized spacial score (nSPS) is 40.5. The first kappa shape index (κ1) is 25.4. The van der Waals surface area contributed by atoms with Gasteiger partial charge in [0.2, 0.25) is 0 Å². The molecule has 4 heteroatoms. The predicted octanol–water partition coefficient (Wildman–Crippen LogP) is 6.93. The quantitative estimate of drug-likeness (QED) is 0.444. The van der Waals surface area contributed by atoms with Crippen molar-refractivity contribution in [3.8, 4) is 0 Å². The fraction of sp³-hybridized carbons (Fsp3) is 0.767. The van der Waals surface area contributed by atoms with Gasteiger partial charge in [-0.25, -0.2) is 4.79 Å². The van der Waals surface area contributed by atoms with Crippen LogP contribution in [0.2, 0.25) is 0 Å². The van der Waals surface area contributed by atoms with Crippen molar-refractivity contribution in [1.29, 1.82) is 0 Å². The lowest BCUT2D eigenvalue weighted by Crippen LogP contribution is -2.56. The van der Waals surface area contributed by atoms with Gasteiger partial charge in [-0.05, 0) is 80.5 Å². The fourth-order valence-corrected chi connectivity index (χ4v) is 8.97. The van der Waals surface area contributed by atoms with Crippen molar-refractivity contribution in [2.24, 2.45) is 39.4 Å². The zero-order chi connectivity index (χ0) is 25.3. The van der Waals surface area contributed by atoms with Gasteiger partial charge in [-0.1, -0.05) is 53.2 Å². The maximum atomic E-state index is 13.9. The lowest BCUT2D eigenvalue weighted by Gasteiger charge is -2.60. The summed E-state index contributed by atoms with van der Waals surface area (Å²) in [6.07, 6.45) is 9.91. The lowest BCUT2D eigenvalue weighted by atomic mass is 9.43. The SMILES string of the molecule is C/C(=C/CCC(C)C1CCC2(C)C3=C(CCC12C)C1(C)CCC(=O)C(C)(C)C1CC3=O)C(=O)O. The van der Waals surface area contributed by atoms with Gasteiger partial charge in [0.15, 0.2) is 5.78 Å². The number of aliphatic carboxylic acids is 1. The highest BCUT2D eigenvalue weighted by molar-refractivity contribution is 6.00. The average Bonchev–Trinajstić information content (AvgIpc) is 3.04. The number of ketones is 2. The van der Waals surface area contributed by atoms with E-state index in [-0.39, 0.29) is 22.2 Å². The largest absolute Gasteiger partial charge is 0.478 e. The maximum absolute atomic E-state index is 13.9. The molecule has 34 heavy (non-hydrogen) atoms. The highest BCUT2D eigenvalue weighted by Crippen LogP contribution is 2.71. The molecule has 4 aliphatic rings. The summed E-state index contributed by atoms with van der Waals surface area (Å²) in [7, 11) is 0. The van der Waals surface area contributed by atoms with Crippen LogP contribution < -0.4 is 0 Å². The Bertz CT molecular complexity index is 984. The first-order valence-electron chi connectivity index (χ1n) is 13.4. The molecule has 0 spiro atoms. The van der Waals surface area contributed by atoms with Crippen molar-refractivity contribution in [2.45, 2.75) is 106 Å². The molecule has 4 rings (SSSR count). The molecule has 0 aromatic heterocycles. The van der Waals surface area contributed by atoms with Crippen LogP contribution in [0.5, 0.6) is 0 Å². The molecule has 0 amide bonds. The molecule has 2 saturated carbocycles. The van der Waals surface area contributed by atoms with Crippen molar-refractivity contribution in [1.82, 2.24) is 0 Å². The van der Waals surface area contributed by atoms with E-state index in [4.69, 9.17) is 5.11 Å². The number of hydrogen-bond acceptors (Lipinski definition) is 3. The van der Waals surface area contributed by atoms with Crippen molar-refractivity contribution in [3.05, 3.63) is 22.8 Å². The summed E-state index contributed by atoms with van der Waals surface area (Å²) in [4.78, 5) is 37.8. The molecule has 188 valence electrons. The van der Waals surface area contributed by atoms with Gasteiger partial charge < -0.3 is 5.11 Å². The molecule has 4 aliphatic carbocycles. The van der Waals surface area contributed by atoms with Gasteiger partial charge in [0, 0.05) is 34.8 Å². The van der Waals surface area contributed by atoms with E-state index in [9.17, 15) is 14.4 Å². The Morgan fingerprint density at radius 1 is 1.09 bits per heavy atom. The third-order valence-electron chi connectivity index (χ3n) is 11.5. The average molecular weight is 469 g/mol. The third kappa shape index (κ3) is 3.41. The van der Waals surface area contributed by atoms with Crippen LogP contribution in [0.1, 0.15) is 106 Å².